The first kappa shape index (κ1) is 19.5. The average molecular weight is 358 g/mol. The summed E-state index contributed by atoms with van der Waals surface area (Å²) in [5.41, 5.74) is 0.266. The van der Waals surface area contributed by atoms with Gasteiger partial charge in [-0.2, -0.15) is 0 Å². The van der Waals surface area contributed by atoms with E-state index in [9.17, 15) is 14.7 Å². The minimum Gasteiger partial charge on any atom is -0.465 e. The van der Waals surface area contributed by atoms with Crippen LogP contribution in [0.1, 0.15) is 32.8 Å². The summed E-state index contributed by atoms with van der Waals surface area (Å²) in [7, 11) is 0. The summed E-state index contributed by atoms with van der Waals surface area (Å²) in [6, 6.07) is 8.75. The van der Waals surface area contributed by atoms with Crippen molar-refractivity contribution in [2.75, 3.05) is 0 Å². The van der Waals surface area contributed by atoms with Crippen LogP contribution in [0.3, 0.4) is 0 Å². The molecule has 26 heavy (non-hydrogen) atoms. The Hall–Kier alpha value is -2.83. The normalized spacial score (nSPS) is 12.4. The van der Waals surface area contributed by atoms with Gasteiger partial charge in [0.05, 0.1) is 6.33 Å². The number of rotatable bonds is 7. The van der Waals surface area contributed by atoms with Crippen LogP contribution in [0.25, 0.3) is 0 Å². The second-order valence-electron chi connectivity index (χ2n) is 7.13. The molecule has 1 aromatic carbocycles. The number of nitrogens with zero attached hydrogens (tertiary/aromatic N) is 3. The van der Waals surface area contributed by atoms with E-state index in [0.29, 0.717) is 19.5 Å². The second kappa shape index (κ2) is 8.51. The first-order valence-corrected chi connectivity index (χ1v) is 8.58. The number of imidazole rings is 1. The van der Waals surface area contributed by atoms with Crippen LogP contribution in [-0.4, -0.2) is 43.1 Å². The molecule has 0 aliphatic heterocycles. The standard InChI is InChI=1S/C19H26N4O3/c1-19(2,3)23(18(25)26)16(9-11-22-12-10-20-14-22)17(24)21-13-15-7-5-4-6-8-15/h4-8,10,12,14,16H,9,11,13H2,1-3H3,(H,21,24)(H,25,26). The number of benzene rings is 1. The van der Waals surface area contributed by atoms with Gasteiger partial charge in [-0.1, -0.05) is 30.3 Å². The Morgan fingerprint density at radius 1 is 1.27 bits per heavy atom. The van der Waals surface area contributed by atoms with Crippen molar-refractivity contribution in [2.24, 2.45) is 0 Å². The average Bonchev–Trinajstić information content (AvgIpc) is 3.09. The Bertz CT molecular complexity index is 708. The molecule has 0 saturated heterocycles. The fraction of sp³-hybridized carbons (Fsp3) is 0.421. The van der Waals surface area contributed by atoms with E-state index in [-0.39, 0.29) is 5.91 Å². The number of aromatic nitrogens is 2. The topological polar surface area (TPSA) is 87.5 Å². The number of hydrogen-bond acceptors (Lipinski definition) is 3. The molecule has 0 aliphatic carbocycles. The summed E-state index contributed by atoms with van der Waals surface area (Å²) < 4.78 is 1.83. The number of carbonyl (C=O) groups excluding carboxylic acids is 1. The van der Waals surface area contributed by atoms with Gasteiger partial charge < -0.3 is 15.0 Å². The fourth-order valence-corrected chi connectivity index (χ4v) is 2.86. The van der Waals surface area contributed by atoms with Gasteiger partial charge in [-0.05, 0) is 32.8 Å². The highest BCUT2D eigenvalue weighted by atomic mass is 16.4. The smallest absolute Gasteiger partial charge is 0.408 e. The van der Waals surface area contributed by atoms with E-state index >= 15 is 0 Å². The lowest BCUT2D eigenvalue weighted by Crippen LogP contribution is -2.57. The highest BCUT2D eigenvalue weighted by Gasteiger charge is 2.37. The first-order chi connectivity index (χ1) is 12.3. The minimum atomic E-state index is -1.11. The van der Waals surface area contributed by atoms with Gasteiger partial charge in [0.2, 0.25) is 5.91 Å². The minimum absolute atomic E-state index is 0.300. The van der Waals surface area contributed by atoms with Gasteiger partial charge in [-0.3, -0.25) is 9.69 Å². The molecule has 0 saturated carbocycles. The van der Waals surface area contributed by atoms with Gasteiger partial charge in [0.25, 0.3) is 0 Å². The van der Waals surface area contributed by atoms with Gasteiger partial charge in [-0.15, -0.1) is 0 Å². The third-order valence-electron chi connectivity index (χ3n) is 4.07. The number of aryl methyl sites for hydroxylation is 1. The molecule has 7 heteroatoms. The van der Waals surface area contributed by atoms with Crippen molar-refractivity contribution >= 4 is 12.0 Å². The summed E-state index contributed by atoms with van der Waals surface area (Å²) in [5.74, 6) is -0.300. The van der Waals surface area contributed by atoms with Crippen LogP contribution in [0, 0.1) is 0 Å². The van der Waals surface area contributed by atoms with Gasteiger partial charge in [0, 0.05) is 31.0 Å². The number of amides is 2. The third kappa shape index (κ3) is 5.34. The van der Waals surface area contributed by atoms with E-state index in [0.717, 1.165) is 5.56 Å². The van der Waals surface area contributed by atoms with Crippen molar-refractivity contribution in [3.8, 4) is 0 Å². The van der Waals surface area contributed by atoms with Crippen LogP contribution >= 0.6 is 0 Å². The largest absolute Gasteiger partial charge is 0.465 e. The summed E-state index contributed by atoms with van der Waals surface area (Å²) in [5, 5.41) is 12.6. The number of carbonyl (C=O) groups is 2. The van der Waals surface area contributed by atoms with Crippen molar-refractivity contribution < 1.29 is 14.7 Å². The zero-order valence-corrected chi connectivity index (χ0v) is 15.4. The monoisotopic (exact) mass is 358 g/mol. The molecule has 0 fully saturated rings. The zero-order valence-electron chi connectivity index (χ0n) is 15.4. The maximum absolute atomic E-state index is 12.8. The van der Waals surface area contributed by atoms with Crippen LogP contribution in [0.2, 0.25) is 0 Å². The highest BCUT2D eigenvalue weighted by Crippen LogP contribution is 2.20. The zero-order chi connectivity index (χ0) is 19.2. The van der Waals surface area contributed by atoms with Crippen LogP contribution in [-0.2, 0) is 17.9 Å². The highest BCUT2D eigenvalue weighted by molar-refractivity contribution is 5.85. The maximum Gasteiger partial charge on any atom is 0.408 e. The van der Waals surface area contributed by atoms with Crippen molar-refractivity contribution in [3.63, 3.8) is 0 Å². The Balaban J connectivity index is 2.14. The lowest BCUT2D eigenvalue weighted by atomic mass is 10.0. The molecule has 0 aliphatic rings. The second-order valence-corrected chi connectivity index (χ2v) is 7.13. The molecule has 2 aromatic rings. The van der Waals surface area contributed by atoms with E-state index in [1.165, 1.54) is 4.90 Å². The molecule has 0 bridgehead atoms. The van der Waals surface area contributed by atoms with Crippen LogP contribution in [0.4, 0.5) is 4.79 Å². The Morgan fingerprint density at radius 2 is 1.96 bits per heavy atom. The first-order valence-electron chi connectivity index (χ1n) is 8.58. The number of hydrogen-bond donors (Lipinski definition) is 2. The Labute approximate surface area is 153 Å². The van der Waals surface area contributed by atoms with Crippen LogP contribution in [0.15, 0.2) is 49.1 Å². The number of nitrogens with one attached hydrogen (secondary N) is 1. The molecule has 0 spiro atoms. The lowest BCUT2D eigenvalue weighted by Gasteiger charge is -2.38. The van der Waals surface area contributed by atoms with Crippen molar-refractivity contribution in [2.45, 2.75) is 51.9 Å². The van der Waals surface area contributed by atoms with E-state index < -0.39 is 17.7 Å². The Kier molecular flexibility index (Phi) is 6.38. The van der Waals surface area contributed by atoms with Crippen molar-refractivity contribution in [1.29, 1.82) is 0 Å². The molecule has 1 aromatic heterocycles. The molecular weight excluding hydrogens is 332 g/mol. The summed E-state index contributed by atoms with van der Waals surface area (Å²) in [4.78, 5) is 29.9. The molecule has 2 rings (SSSR count). The van der Waals surface area contributed by atoms with E-state index in [1.54, 1.807) is 39.5 Å². The molecule has 1 heterocycles. The third-order valence-corrected chi connectivity index (χ3v) is 4.07. The molecule has 2 N–H and O–H groups in total. The van der Waals surface area contributed by atoms with Gasteiger partial charge in [0.15, 0.2) is 0 Å². The summed E-state index contributed by atoms with van der Waals surface area (Å²) >= 11 is 0. The van der Waals surface area contributed by atoms with Gasteiger partial charge >= 0.3 is 6.09 Å². The lowest BCUT2D eigenvalue weighted by molar-refractivity contribution is -0.128. The maximum atomic E-state index is 12.8. The van der Waals surface area contributed by atoms with Gasteiger partial charge in [0.1, 0.15) is 6.04 Å². The predicted octanol–water partition coefficient (Wildman–Crippen LogP) is 2.74. The SMILES string of the molecule is CC(C)(C)N(C(=O)O)C(CCn1ccnc1)C(=O)NCc1ccccc1. The molecule has 1 unspecified atom stereocenters. The van der Waals surface area contributed by atoms with E-state index in [4.69, 9.17) is 0 Å². The van der Waals surface area contributed by atoms with Gasteiger partial charge in [-0.25, -0.2) is 9.78 Å². The molecule has 1 atom stereocenters. The fourth-order valence-electron chi connectivity index (χ4n) is 2.86. The quantitative estimate of drug-likeness (QED) is 0.797. The molecule has 0 radical (unpaired) electrons. The van der Waals surface area contributed by atoms with Crippen LogP contribution < -0.4 is 5.32 Å². The van der Waals surface area contributed by atoms with Crippen molar-refractivity contribution in [3.05, 3.63) is 54.6 Å². The van der Waals surface area contributed by atoms with Crippen LogP contribution in [0.5, 0.6) is 0 Å². The van der Waals surface area contributed by atoms with E-state index in [1.807, 2.05) is 34.9 Å². The van der Waals surface area contributed by atoms with E-state index in [2.05, 4.69) is 10.3 Å². The van der Waals surface area contributed by atoms with Crippen molar-refractivity contribution in [1.82, 2.24) is 19.8 Å². The summed E-state index contributed by atoms with van der Waals surface area (Å²) in [6.07, 6.45) is 4.36. The predicted molar refractivity (Wildman–Crippen MR) is 98.5 cm³/mol. The molecular formula is C19H26N4O3. The Morgan fingerprint density at radius 3 is 2.50 bits per heavy atom. The summed E-state index contributed by atoms with van der Waals surface area (Å²) in [6.45, 7) is 6.23. The number of carboxylic acid groups (broad SMARTS) is 1. The molecule has 2 amide bonds. The molecule has 140 valence electrons. The molecule has 7 nitrogen and oxygen atoms in total.